The molecule has 0 aliphatic carbocycles. The number of hydrogen-bond donors (Lipinski definition) is 2. The predicted molar refractivity (Wildman–Crippen MR) is 66.5 cm³/mol. The maximum Gasteiger partial charge on any atom is 0.251 e. The molecule has 1 atom stereocenters. The summed E-state index contributed by atoms with van der Waals surface area (Å²) in [5.41, 5.74) is 6.94. The maximum absolute atomic E-state index is 11.7. The monoisotopic (exact) mass is 231 g/mol. The smallest absolute Gasteiger partial charge is 0.251 e. The van der Waals surface area contributed by atoms with Gasteiger partial charge in [0.2, 0.25) is 0 Å². The Morgan fingerprint density at radius 2 is 2.35 bits per heavy atom. The Bertz CT molecular complexity index is 423. The zero-order valence-electron chi connectivity index (χ0n) is 9.94. The lowest BCUT2D eigenvalue weighted by atomic mass is 9.96. The van der Waals surface area contributed by atoms with Crippen molar-refractivity contribution in [3.8, 4) is 6.07 Å². The molecule has 0 spiro atoms. The number of rotatable bonds is 5. The molecule has 1 aromatic carbocycles. The summed E-state index contributed by atoms with van der Waals surface area (Å²) < 4.78 is 0. The third-order valence-electron chi connectivity index (χ3n) is 2.55. The standard InChI is InChI=1S/C13H17N3O/c1-10(5-6-14)11-3-2-4-12(9-11)13(17)16-8-7-15/h2-4,9-10H,5,7-8,15H2,1H3,(H,16,17). The van der Waals surface area contributed by atoms with Crippen LogP contribution in [0.5, 0.6) is 0 Å². The van der Waals surface area contributed by atoms with Crippen molar-refractivity contribution in [1.29, 1.82) is 5.26 Å². The first-order valence-electron chi connectivity index (χ1n) is 5.64. The van der Waals surface area contributed by atoms with Gasteiger partial charge >= 0.3 is 0 Å². The highest BCUT2D eigenvalue weighted by molar-refractivity contribution is 5.94. The fourth-order valence-corrected chi connectivity index (χ4v) is 1.53. The van der Waals surface area contributed by atoms with Crippen molar-refractivity contribution in [2.75, 3.05) is 13.1 Å². The average molecular weight is 231 g/mol. The predicted octanol–water partition coefficient (Wildman–Crippen LogP) is 1.39. The molecule has 0 heterocycles. The van der Waals surface area contributed by atoms with E-state index in [2.05, 4.69) is 11.4 Å². The second-order valence-electron chi connectivity index (χ2n) is 3.93. The molecule has 0 bridgehead atoms. The van der Waals surface area contributed by atoms with E-state index < -0.39 is 0 Å². The third kappa shape index (κ3) is 3.89. The Balaban J connectivity index is 2.79. The second-order valence-corrected chi connectivity index (χ2v) is 3.93. The molecular formula is C13H17N3O. The Labute approximate surface area is 101 Å². The van der Waals surface area contributed by atoms with E-state index in [1.807, 2.05) is 25.1 Å². The number of hydrogen-bond acceptors (Lipinski definition) is 3. The van der Waals surface area contributed by atoms with E-state index in [0.717, 1.165) is 5.56 Å². The van der Waals surface area contributed by atoms with Gasteiger partial charge in [-0.2, -0.15) is 5.26 Å². The van der Waals surface area contributed by atoms with Crippen LogP contribution in [0.15, 0.2) is 24.3 Å². The van der Waals surface area contributed by atoms with E-state index in [0.29, 0.717) is 25.1 Å². The van der Waals surface area contributed by atoms with Gasteiger partial charge in [0.1, 0.15) is 0 Å². The fourth-order valence-electron chi connectivity index (χ4n) is 1.53. The highest BCUT2D eigenvalue weighted by Gasteiger charge is 2.09. The van der Waals surface area contributed by atoms with Crippen LogP contribution < -0.4 is 11.1 Å². The molecule has 0 radical (unpaired) electrons. The van der Waals surface area contributed by atoms with Crippen LogP contribution >= 0.6 is 0 Å². The largest absolute Gasteiger partial charge is 0.351 e. The summed E-state index contributed by atoms with van der Waals surface area (Å²) in [6.07, 6.45) is 0.452. The Morgan fingerprint density at radius 1 is 1.59 bits per heavy atom. The van der Waals surface area contributed by atoms with Gasteiger partial charge in [0.15, 0.2) is 0 Å². The number of carbonyl (C=O) groups excluding carboxylic acids is 1. The van der Waals surface area contributed by atoms with Crippen LogP contribution in [-0.2, 0) is 0 Å². The summed E-state index contributed by atoms with van der Waals surface area (Å²) in [5.74, 6) is 0.0173. The van der Waals surface area contributed by atoms with Crippen molar-refractivity contribution < 1.29 is 4.79 Å². The second kappa shape index (κ2) is 6.66. The molecule has 90 valence electrons. The maximum atomic E-state index is 11.7. The molecule has 4 heteroatoms. The van der Waals surface area contributed by atoms with Gasteiger partial charge in [0.25, 0.3) is 5.91 Å². The Morgan fingerprint density at radius 3 is 3.00 bits per heavy atom. The Hall–Kier alpha value is -1.86. The minimum absolute atomic E-state index is 0.124. The van der Waals surface area contributed by atoms with Crippen LogP contribution in [0.1, 0.15) is 35.2 Å². The van der Waals surface area contributed by atoms with Crippen molar-refractivity contribution >= 4 is 5.91 Å². The van der Waals surface area contributed by atoms with Gasteiger partial charge in [-0.25, -0.2) is 0 Å². The van der Waals surface area contributed by atoms with Crippen LogP contribution in [-0.4, -0.2) is 19.0 Å². The summed E-state index contributed by atoms with van der Waals surface area (Å²) >= 11 is 0. The molecule has 0 fully saturated rings. The van der Waals surface area contributed by atoms with E-state index in [-0.39, 0.29) is 11.8 Å². The molecule has 0 saturated carbocycles. The highest BCUT2D eigenvalue weighted by atomic mass is 16.1. The van der Waals surface area contributed by atoms with Gasteiger partial charge in [0, 0.05) is 25.1 Å². The number of nitrogens with one attached hydrogen (secondary N) is 1. The van der Waals surface area contributed by atoms with E-state index in [1.165, 1.54) is 0 Å². The van der Waals surface area contributed by atoms with Gasteiger partial charge < -0.3 is 11.1 Å². The highest BCUT2D eigenvalue weighted by Crippen LogP contribution is 2.19. The topological polar surface area (TPSA) is 78.9 Å². The minimum Gasteiger partial charge on any atom is -0.351 e. The van der Waals surface area contributed by atoms with Gasteiger partial charge in [-0.15, -0.1) is 0 Å². The molecule has 1 unspecified atom stereocenters. The summed E-state index contributed by atoms with van der Waals surface area (Å²) in [5, 5.41) is 11.4. The molecule has 1 rings (SSSR count). The van der Waals surface area contributed by atoms with Crippen molar-refractivity contribution in [2.45, 2.75) is 19.3 Å². The molecule has 3 N–H and O–H groups in total. The number of carbonyl (C=O) groups is 1. The molecule has 0 aliphatic heterocycles. The fraction of sp³-hybridized carbons (Fsp3) is 0.385. The molecular weight excluding hydrogens is 214 g/mol. The minimum atomic E-state index is -0.124. The summed E-state index contributed by atoms with van der Waals surface area (Å²) in [6.45, 7) is 2.87. The van der Waals surface area contributed by atoms with Crippen molar-refractivity contribution in [3.05, 3.63) is 35.4 Å². The quantitative estimate of drug-likeness (QED) is 0.803. The van der Waals surface area contributed by atoms with Gasteiger partial charge in [-0.1, -0.05) is 19.1 Å². The van der Waals surface area contributed by atoms with E-state index in [9.17, 15) is 4.79 Å². The summed E-state index contributed by atoms with van der Waals surface area (Å²) in [6, 6.07) is 9.48. The number of nitrogens with two attached hydrogens (primary N) is 1. The molecule has 0 saturated heterocycles. The van der Waals surface area contributed by atoms with Crippen molar-refractivity contribution in [1.82, 2.24) is 5.32 Å². The first-order valence-corrected chi connectivity index (χ1v) is 5.64. The van der Waals surface area contributed by atoms with Crippen LogP contribution in [0.2, 0.25) is 0 Å². The lowest BCUT2D eigenvalue weighted by molar-refractivity contribution is 0.0954. The third-order valence-corrected chi connectivity index (χ3v) is 2.55. The SMILES string of the molecule is CC(CC#N)c1cccc(C(=O)NCCN)c1. The zero-order chi connectivity index (χ0) is 12.7. The number of benzene rings is 1. The molecule has 0 aromatic heterocycles. The first kappa shape index (κ1) is 13.2. The molecule has 1 aromatic rings. The Kier molecular flexibility index (Phi) is 5.18. The van der Waals surface area contributed by atoms with E-state index in [4.69, 9.17) is 11.0 Å². The summed E-state index contributed by atoms with van der Waals surface area (Å²) in [4.78, 5) is 11.7. The van der Waals surface area contributed by atoms with Crippen LogP contribution in [0.25, 0.3) is 0 Å². The van der Waals surface area contributed by atoms with Crippen LogP contribution in [0.4, 0.5) is 0 Å². The first-order chi connectivity index (χ1) is 8.19. The molecule has 17 heavy (non-hydrogen) atoms. The number of amides is 1. The van der Waals surface area contributed by atoms with E-state index in [1.54, 1.807) is 6.07 Å². The molecule has 0 aliphatic rings. The van der Waals surface area contributed by atoms with Gasteiger partial charge in [0.05, 0.1) is 6.07 Å². The lowest BCUT2D eigenvalue weighted by Gasteiger charge is -2.09. The number of nitriles is 1. The summed E-state index contributed by atoms with van der Waals surface area (Å²) in [7, 11) is 0. The van der Waals surface area contributed by atoms with Crippen molar-refractivity contribution in [3.63, 3.8) is 0 Å². The molecule has 1 amide bonds. The van der Waals surface area contributed by atoms with Gasteiger partial charge in [-0.3, -0.25) is 4.79 Å². The molecule has 4 nitrogen and oxygen atoms in total. The lowest BCUT2D eigenvalue weighted by Crippen LogP contribution is -2.29. The van der Waals surface area contributed by atoms with Gasteiger partial charge in [-0.05, 0) is 23.6 Å². The van der Waals surface area contributed by atoms with Crippen LogP contribution in [0, 0.1) is 11.3 Å². The van der Waals surface area contributed by atoms with Crippen LogP contribution in [0.3, 0.4) is 0 Å². The zero-order valence-corrected chi connectivity index (χ0v) is 9.94. The average Bonchev–Trinajstić information content (AvgIpc) is 2.36. The normalized spacial score (nSPS) is 11.6. The van der Waals surface area contributed by atoms with E-state index >= 15 is 0 Å². The number of nitrogens with zero attached hydrogens (tertiary/aromatic N) is 1. The van der Waals surface area contributed by atoms with Crippen molar-refractivity contribution in [2.24, 2.45) is 5.73 Å².